The van der Waals surface area contributed by atoms with Crippen molar-refractivity contribution in [2.45, 2.75) is 13.3 Å². The number of carbonyl (C=O) groups excluding carboxylic acids is 1. The van der Waals surface area contributed by atoms with Crippen LogP contribution in [0.3, 0.4) is 0 Å². The van der Waals surface area contributed by atoms with Crippen molar-refractivity contribution in [1.29, 1.82) is 0 Å². The molecule has 1 heterocycles. The molecule has 0 fully saturated rings. The largest absolute Gasteiger partial charge is 0.484 e. The molecule has 1 N–H and O–H groups in total. The number of aryl methyl sites for hydroxylation is 1. The summed E-state index contributed by atoms with van der Waals surface area (Å²) in [7, 11) is 0. The summed E-state index contributed by atoms with van der Waals surface area (Å²) in [6.45, 7) is 1.79. The Balaban J connectivity index is 1.43. The molecule has 4 aromatic rings. The first-order valence-corrected chi connectivity index (χ1v) is 11.6. The van der Waals surface area contributed by atoms with Gasteiger partial charge in [-0.15, -0.1) is 0 Å². The number of aromatic nitrogens is 2. The second-order valence-corrected chi connectivity index (χ2v) is 8.67. The van der Waals surface area contributed by atoms with E-state index < -0.39 is 0 Å². The smallest absolute Gasteiger partial charge is 0.282 e. The molecule has 0 bridgehead atoms. The topological polar surface area (TPSA) is 85.6 Å². The van der Waals surface area contributed by atoms with Gasteiger partial charge in [-0.25, -0.2) is 4.98 Å². The Kier molecular flexibility index (Phi) is 7.40. The molecule has 7 nitrogen and oxygen atoms in total. The number of hydrogen-bond donors (Lipinski definition) is 1. The van der Waals surface area contributed by atoms with Gasteiger partial charge in [-0.1, -0.05) is 34.5 Å². The summed E-state index contributed by atoms with van der Waals surface area (Å²) in [5.41, 5.74) is 1.81. The van der Waals surface area contributed by atoms with Crippen molar-refractivity contribution in [2.24, 2.45) is 5.10 Å². The van der Waals surface area contributed by atoms with Gasteiger partial charge in [0.2, 0.25) is 0 Å². The Morgan fingerprint density at radius 2 is 1.88 bits per heavy atom. The van der Waals surface area contributed by atoms with Gasteiger partial charge >= 0.3 is 0 Å². The van der Waals surface area contributed by atoms with E-state index in [1.807, 2.05) is 19.1 Å². The summed E-state index contributed by atoms with van der Waals surface area (Å²) in [4.78, 5) is 29.6. The van der Waals surface area contributed by atoms with Gasteiger partial charge in [0.05, 0.1) is 17.1 Å². The summed E-state index contributed by atoms with van der Waals surface area (Å²) in [6.07, 6.45) is 2.15. The third-order valence-corrected chi connectivity index (χ3v) is 5.64. The molecule has 0 aliphatic rings. The highest BCUT2D eigenvalue weighted by Gasteiger charge is 2.10. The fraction of sp³-hybridized carbons (Fsp3) is 0.120. The van der Waals surface area contributed by atoms with Gasteiger partial charge in [0.1, 0.15) is 11.6 Å². The highest BCUT2D eigenvalue weighted by Crippen LogP contribution is 2.17. The molecule has 34 heavy (non-hydrogen) atoms. The lowest BCUT2D eigenvalue weighted by atomic mass is 10.2. The van der Waals surface area contributed by atoms with E-state index in [0.29, 0.717) is 39.6 Å². The average molecular weight is 540 g/mol. The van der Waals surface area contributed by atoms with Gasteiger partial charge < -0.3 is 10.1 Å². The summed E-state index contributed by atoms with van der Waals surface area (Å²) in [5.74, 6) is 0.824. The summed E-state index contributed by atoms with van der Waals surface area (Å²) < 4.78 is 7.67. The van der Waals surface area contributed by atoms with Crippen LogP contribution in [0.4, 0.5) is 5.69 Å². The van der Waals surface area contributed by atoms with Crippen LogP contribution in [-0.4, -0.2) is 28.4 Å². The number of hydrogen-bond acceptors (Lipinski definition) is 5. The molecule has 0 atom stereocenters. The Labute approximate surface area is 209 Å². The number of fused-ring (bicyclic) bond motifs is 1. The zero-order valence-electron chi connectivity index (χ0n) is 18.2. The lowest BCUT2D eigenvalue weighted by Crippen LogP contribution is -2.22. The van der Waals surface area contributed by atoms with Crippen LogP contribution in [0.25, 0.3) is 10.9 Å². The standard InChI is InChI=1S/C25H20BrClN4O3/c1-2-23-30-22-12-5-17(26)13-21(22)25(33)31(23)28-14-16-3-10-20(11-4-16)34-15-24(32)29-19-8-6-18(27)7-9-19/h3-14H,2,15H2,1H3,(H,29,32). The molecule has 0 saturated carbocycles. The van der Waals surface area contributed by atoms with Crippen molar-refractivity contribution >= 4 is 56.2 Å². The van der Waals surface area contributed by atoms with Crippen molar-refractivity contribution < 1.29 is 9.53 Å². The molecular formula is C25H20BrClN4O3. The van der Waals surface area contributed by atoms with Crippen molar-refractivity contribution in [3.63, 3.8) is 0 Å². The Hall–Kier alpha value is -3.49. The number of carbonyl (C=O) groups is 1. The maximum atomic E-state index is 13.0. The number of nitrogens with zero attached hydrogens (tertiary/aromatic N) is 3. The van der Waals surface area contributed by atoms with Crippen LogP contribution in [0.5, 0.6) is 5.75 Å². The quantitative estimate of drug-likeness (QED) is 0.324. The van der Waals surface area contributed by atoms with Crippen LogP contribution in [0.15, 0.2) is 81.1 Å². The van der Waals surface area contributed by atoms with Crippen LogP contribution >= 0.6 is 27.5 Å². The maximum Gasteiger partial charge on any atom is 0.282 e. The monoisotopic (exact) mass is 538 g/mol. The minimum Gasteiger partial charge on any atom is -0.484 e. The summed E-state index contributed by atoms with van der Waals surface area (Å²) in [6, 6.07) is 19.3. The Morgan fingerprint density at radius 3 is 2.59 bits per heavy atom. The molecule has 1 amide bonds. The molecule has 0 aliphatic carbocycles. The van der Waals surface area contributed by atoms with Crippen LogP contribution in [0, 0.1) is 0 Å². The second kappa shape index (κ2) is 10.6. The van der Waals surface area contributed by atoms with E-state index in [2.05, 4.69) is 31.3 Å². The van der Waals surface area contributed by atoms with Crippen molar-refractivity contribution in [2.75, 3.05) is 11.9 Å². The molecule has 0 aliphatic heterocycles. The SMILES string of the molecule is CCc1nc2ccc(Br)cc2c(=O)n1N=Cc1ccc(OCC(=O)Nc2ccc(Cl)cc2)cc1. The third kappa shape index (κ3) is 5.70. The van der Waals surface area contributed by atoms with Gasteiger partial charge in [-0.2, -0.15) is 9.78 Å². The molecule has 0 saturated heterocycles. The summed E-state index contributed by atoms with van der Waals surface area (Å²) >= 11 is 9.24. The first-order valence-electron chi connectivity index (χ1n) is 10.5. The van der Waals surface area contributed by atoms with Crippen molar-refractivity contribution in [1.82, 2.24) is 9.66 Å². The molecule has 0 spiro atoms. The molecule has 0 radical (unpaired) electrons. The fourth-order valence-corrected chi connectivity index (χ4v) is 3.68. The predicted octanol–water partition coefficient (Wildman–Crippen LogP) is 5.27. The van der Waals surface area contributed by atoms with Gasteiger partial charge in [0.25, 0.3) is 11.5 Å². The highest BCUT2D eigenvalue weighted by molar-refractivity contribution is 9.10. The zero-order valence-corrected chi connectivity index (χ0v) is 20.5. The second-order valence-electron chi connectivity index (χ2n) is 7.32. The highest BCUT2D eigenvalue weighted by atomic mass is 79.9. The van der Waals surface area contributed by atoms with Crippen LogP contribution in [0.2, 0.25) is 5.02 Å². The average Bonchev–Trinajstić information content (AvgIpc) is 2.84. The van der Waals surface area contributed by atoms with E-state index in [1.54, 1.807) is 60.8 Å². The van der Waals surface area contributed by atoms with Crippen LogP contribution in [-0.2, 0) is 11.2 Å². The Morgan fingerprint density at radius 1 is 1.15 bits per heavy atom. The molecule has 3 aromatic carbocycles. The number of nitrogens with one attached hydrogen (secondary N) is 1. The zero-order chi connectivity index (χ0) is 24.1. The number of rotatable bonds is 7. The van der Waals surface area contributed by atoms with Crippen LogP contribution < -0.4 is 15.6 Å². The van der Waals surface area contributed by atoms with E-state index in [-0.39, 0.29) is 18.1 Å². The van der Waals surface area contributed by atoms with Gasteiger partial charge in [0.15, 0.2) is 6.61 Å². The predicted molar refractivity (Wildman–Crippen MR) is 138 cm³/mol. The van der Waals surface area contributed by atoms with Gasteiger partial charge in [0, 0.05) is 21.6 Å². The van der Waals surface area contributed by atoms with Crippen LogP contribution in [0.1, 0.15) is 18.3 Å². The molecule has 0 unspecified atom stereocenters. The minimum absolute atomic E-state index is 0.135. The van der Waals surface area contributed by atoms with Gasteiger partial charge in [-0.05, 0) is 72.3 Å². The summed E-state index contributed by atoms with van der Waals surface area (Å²) in [5, 5.41) is 8.19. The molecule has 172 valence electrons. The van der Waals surface area contributed by atoms with E-state index in [9.17, 15) is 9.59 Å². The molecule has 1 aromatic heterocycles. The maximum absolute atomic E-state index is 13.0. The number of halogens is 2. The normalized spacial score (nSPS) is 11.1. The first kappa shape index (κ1) is 23.7. The third-order valence-electron chi connectivity index (χ3n) is 4.89. The number of benzene rings is 3. The number of ether oxygens (including phenoxy) is 1. The minimum atomic E-state index is -0.283. The molecule has 4 rings (SSSR count). The van der Waals surface area contributed by atoms with E-state index in [0.717, 1.165) is 10.0 Å². The van der Waals surface area contributed by atoms with Gasteiger partial charge in [-0.3, -0.25) is 9.59 Å². The lowest BCUT2D eigenvalue weighted by molar-refractivity contribution is -0.118. The van der Waals surface area contributed by atoms with E-state index >= 15 is 0 Å². The first-order chi connectivity index (χ1) is 16.4. The van der Waals surface area contributed by atoms with E-state index in [1.165, 1.54) is 4.68 Å². The fourth-order valence-electron chi connectivity index (χ4n) is 3.20. The molecule has 9 heteroatoms. The lowest BCUT2D eigenvalue weighted by Gasteiger charge is -2.08. The number of anilines is 1. The van der Waals surface area contributed by atoms with Crippen molar-refractivity contribution in [3.8, 4) is 5.75 Å². The Bertz CT molecular complexity index is 1420. The molecular weight excluding hydrogens is 520 g/mol. The van der Waals surface area contributed by atoms with E-state index in [4.69, 9.17) is 16.3 Å². The number of amides is 1. The van der Waals surface area contributed by atoms with Crippen molar-refractivity contribution in [3.05, 3.63) is 98.0 Å².